The fourth-order valence-corrected chi connectivity index (χ4v) is 5.04. The molecule has 0 aromatic heterocycles. The lowest BCUT2D eigenvalue weighted by Gasteiger charge is -2.28. The Morgan fingerprint density at radius 1 is 0.921 bits per heavy atom. The first-order valence-electron chi connectivity index (χ1n) is 12.1. The van der Waals surface area contributed by atoms with Gasteiger partial charge in [0.25, 0.3) is 17.5 Å². The Morgan fingerprint density at radius 2 is 1.58 bits per heavy atom. The number of carboxylic acids is 1. The number of carboxylic acid groups (broad SMARTS) is 1. The highest BCUT2D eigenvalue weighted by molar-refractivity contribution is 6.37. The maximum atomic E-state index is 13.7. The molecule has 0 spiro atoms. The van der Waals surface area contributed by atoms with Crippen molar-refractivity contribution in [2.45, 2.75) is 13.8 Å². The fraction of sp³-hybridized carbons (Fsp3) is 0.138. The zero-order valence-corrected chi connectivity index (χ0v) is 20.7. The molecular formula is C29H23N3O6. The predicted molar refractivity (Wildman–Crippen MR) is 144 cm³/mol. The lowest BCUT2D eigenvalue weighted by atomic mass is 9.87. The van der Waals surface area contributed by atoms with Crippen molar-refractivity contribution in [2.24, 2.45) is 0 Å². The summed E-state index contributed by atoms with van der Waals surface area (Å²) in [5.74, 6) is -2.38. The van der Waals surface area contributed by atoms with Crippen molar-refractivity contribution in [1.82, 2.24) is 0 Å². The quantitative estimate of drug-likeness (QED) is 0.191. The topological polar surface area (TPSA) is 121 Å². The van der Waals surface area contributed by atoms with Crippen molar-refractivity contribution >= 4 is 45.6 Å². The number of benzene rings is 4. The molecule has 0 atom stereocenters. The summed E-state index contributed by atoms with van der Waals surface area (Å²) in [4.78, 5) is 53.7. The first kappa shape index (κ1) is 24.6. The number of nitrogens with zero attached hydrogens (tertiary/aromatic N) is 3. The molecule has 1 aliphatic rings. The van der Waals surface area contributed by atoms with Gasteiger partial charge in [-0.3, -0.25) is 19.7 Å². The van der Waals surface area contributed by atoms with Crippen LogP contribution in [0.1, 0.15) is 44.9 Å². The van der Waals surface area contributed by atoms with Crippen LogP contribution in [0.15, 0.2) is 72.8 Å². The maximum Gasteiger partial charge on any atom is 0.335 e. The molecule has 1 N–H and O–H groups in total. The Hall–Kier alpha value is -5.05. The van der Waals surface area contributed by atoms with Gasteiger partial charge in [-0.15, -0.1) is 0 Å². The molecule has 0 radical (unpaired) electrons. The normalized spacial score (nSPS) is 12.6. The molecule has 190 valence electrons. The Morgan fingerprint density at radius 3 is 2.21 bits per heavy atom. The van der Waals surface area contributed by atoms with E-state index in [2.05, 4.69) is 4.90 Å². The van der Waals surface area contributed by atoms with Gasteiger partial charge in [0.1, 0.15) is 0 Å². The second kappa shape index (κ2) is 9.44. The molecule has 38 heavy (non-hydrogen) atoms. The molecule has 0 fully saturated rings. The third-order valence-electron chi connectivity index (χ3n) is 6.84. The predicted octanol–water partition coefficient (Wildman–Crippen LogP) is 5.76. The van der Waals surface area contributed by atoms with Crippen LogP contribution >= 0.6 is 0 Å². The lowest BCUT2D eigenvalue weighted by Crippen LogP contribution is -2.40. The monoisotopic (exact) mass is 509 g/mol. The van der Waals surface area contributed by atoms with E-state index < -0.39 is 22.7 Å². The first-order valence-corrected chi connectivity index (χ1v) is 12.1. The number of hydrogen-bond donors (Lipinski definition) is 1. The van der Waals surface area contributed by atoms with Crippen LogP contribution in [-0.2, 0) is 0 Å². The molecule has 0 saturated heterocycles. The van der Waals surface area contributed by atoms with Gasteiger partial charge in [-0.1, -0.05) is 24.3 Å². The summed E-state index contributed by atoms with van der Waals surface area (Å²) in [7, 11) is 0. The van der Waals surface area contributed by atoms with Gasteiger partial charge in [0.15, 0.2) is 0 Å². The van der Waals surface area contributed by atoms with Gasteiger partial charge in [0, 0.05) is 35.8 Å². The zero-order valence-electron chi connectivity index (χ0n) is 20.7. The summed E-state index contributed by atoms with van der Waals surface area (Å²) in [6, 6.07) is 18.8. The molecule has 0 saturated carbocycles. The van der Waals surface area contributed by atoms with Gasteiger partial charge in [-0.25, -0.2) is 9.69 Å². The van der Waals surface area contributed by atoms with Crippen LogP contribution in [0.2, 0.25) is 0 Å². The van der Waals surface area contributed by atoms with Crippen LogP contribution in [-0.4, -0.2) is 40.9 Å². The Bertz CT molecular complexity index is 1640. The van der Waals surface area contributed by atoms with Crippen molar-refractivity contribution in [3.63, 3.8) is 0 Å². The van der Waals surface area contributed by atoms with E-state index in [-0.39, 0.29) is 27.9 Å². The molecule has 0 bridgehead atoms. The molecule has 0 aliphatic carbocycles. The molecule has 2 amide bonds. The van der Waals surface area contributed by atoms with E-state index in [0.29, 0.717) is 22.0 Å². The molecule has 1 heterocycles. The number of nitro groups is 1. The van der Waals surface area contributed by atoms with E-state index in [4.69, 9.17) is 0 Å². The largest absolute Gasteiger partial charge is 0.478 e. The minimum atomic E-state index is -1.18. The number of hydrogen-bond acceptors (Lipinski definition) is 6. The standard InChI is InChI=1S/C29H23N3O6/c1-3-30(4-2)19-11-13-20(14-12-19)31-27(33)22-10-6-9-21-25(17-7-5-8-18(15-17)29(35)36)24(32(37)38)16-23(26(21)22)28(31)34/h5-16H,3-4H2,1-2H3,(H,35,36). The van der Waals surface area contributed by atoms with Gasteiger partial charge in [0.05, 0.1) is 27.3 Å². The number of imide groups is 1. The van der Waals surface area contributed by atoms with Crippen LogP contribution in [0.4, 0.5) is 17.1 Å². The van der Waals surface area contributed by atoms with E-state index in [9.17, 15) is 29.6 Å². The summed E-state index contributed by atoms with van der Waals surface area (Å²) in [5.41, 5.74) is 1.63. The van der Waals surface area contributed by atoms with Crippen molar-refractivity contribution in [3.8, 4) is 11.1 Å². The maximum absolute atomic E-state index is 13.7. The van der Waals surface area contributed by atoms with Crippen LogP contribution in [0.5, 0.6) is 0 Å². The summed E-state index contributed by atoms with van der Waals surface area (Å²) in [6.07, 6.45) is 0. The van der Waals surface area contributed by atoms with E-state index in [0.717, 1.165) is 23.7 Å². The second-order valence-corrected chi connectivity index (χ2v) is 8.82. The van der Waals surface area contributed by atoms with Crippen LogP contribution in [0, 0.1) is 10.1 Å². The number of carbonyl (C=O) groups is 3. The molecule has 9 heteroatoms. The lowest BCUT2D eigenvalue weighted by molar-refractivity contribution is -0.384. The highest BCUT2D eigenvalue weighted by Crippen LogP contribution is 2.43. The molecule has 4 aromatic carbocycles. The third-order valence-corrected chi connectivity index (χ3v) is 6.84. The number of amides is 2. The van der Waals surface area contributed by atoms with Gasteiger partial charge in [0.2, 0.25) is 0 Å². The minimum absolute atomic E-state index is 0.0351. The van der Waals surface area contributed by atoms with Gasteiger partial charge < -0.3 is 10.0 Å². The van der Waals surface area contributed by atoms with E-state index in [1.165, 1.54) is 24.3 Å². The smallest absolute Gasteiger partial charge is 0.335 e. The van der Waals surface area contributed by atoms with E-state index in [1.54, 1.807) is 36.4 Å². The number of anilines is 2. The highest BCUT2D eigenvalue weighted by atomic mass is 16.6. The van der Waals surface area contributed by atoms with Crippen molar-refractivity contribution in [1.29, 1.82) is 0 Å². The Kier molecular flexibility index (Phi) is 6.12. The average Bonchev–Trinajstić information content (AvgIpc) is 2.92. The average molecular weight is 510 g/mol. The molecule has 1 aliphatic heterocycles. The number of nitro benzene ring substituents is 1. The Labute approximate surface area is 217 Å². The van der Waals surface area contributed by atoms with E-state index in [1.807, 2.05) is 26.0 Å². The molecular weight excluding hydrogens is 486 g/mol. The first-order chi connectivity index (χ1) is 18.3. The SMILES string of the molecule is CCN(CC)c1ccc(N2C(=O)c3cccc4c(-c5cccc(C(=O)O)c5)c([N+](=O)[O-])cc(c34)C2=O)cc1. The minimum Gasteiger partial charge on any atom is -0.478 e. The van der Waals surface area contributed by atoms with Crippen LogP contribution < -0.4 is 9.80 Å². The van der Waals surface area contributed by atoms with Gasteiger partial charge in [-0.2, -0.15) is 0 Å². The molecule has 4 aromatic rings. The number of carbonyl (C=O) groups excluding carboxylic acids is 2. The fourth-order valence-electron chi connectivity index (χ4n) is 5.04. The van der Waals surface area contributed by atoms with Crippen molar-refractivity contribution < 1.29 is 24.4 Å². The van der Waals surface area contributed by atoms with Crippen molar-refractivity contribution in [3.05, 3.63) is 99.6 Å². The second-order valence-electron chi connectivity index (χ2n) is 8.82. The Balaban J connectivity index is 1.71. The summed E-state index contributed by atoms with van der Waals surface area (Å²) < 4.78 is 0. The molecule has 0 unspecified atom stereocenters. The highest BCUT2D eigenvalue weighted by Gasteiger charge is 2.37. The van der Waals surface area contributed by atoms with Crippen LogP contribution in [0.3, 0.4) is 0 Å². The van der Waals surface area contributed by atoms with E-state index >= 15 is 0 Å². The van der Waals surface area contributed by atoms with Gasteiger partial charge >= 0.3 is 5.97 Å². The van der Waals surface area contributed by atoms with Crippen LogP contribution in [0.25, 0.3) is 21.9 Å². The third kappa shape index (κ3) is 3.85. The van der Waals surface area contributed by atoms with Crippen molar-refractivity contribution in [2.75, 3.05) is 22.9 Å². The zero-order chi connectivity index (χ0) is 27.1. The number of rotatable bonds is 7. The summed E-state index contributed by atoms with van der Waals surface area (Å²) in [5, 5.41) is 22.3. The van der Waals surface area contributed by atoms with Gasteiger partial charge in [-0.05, 0) is 67.3 Å². The number of aromatic carboxylic acids is 1. The molecule has 9 nitrogen and oxygen atoms in total. The summed E-state index contributed by atoms with van der Waals surface area (Å²) >= 11 is 0. The summed E-state index contributed by atoms with van der Waals surface area (Å²) in [6.45, 7) is 5.67. The molecule has 5 rings (SSSR count).